The SMILES string of the molecule is CCCCC(COC)NCC(C)OCC. The van der Waals surface area contributed by atoms with E-state index in [1.807, 2.05) is 6.92 Å². The molecule has 0 fully saturated rings. The van der Waals surface area contributed by atoms with E-state index in [0.717, 1.165) is 19.8 Å². The minimum absolute atomic E-state index is 0.288. The van der Waals surface area contributed by atoms with Crippen molar-refractivity contribution in [2.45, 2.75) is 52.2 Å². The summed E-state index contributed by atoms with van der Waals surface area (Å²) in [4.78, 5) is 0. The van der Waals surface area contributed by atoms with Crippen molar-refractivity contribution in [1.29, 1.82) is 0 Å². The minimum atomic E-state index is 0.288. The van der Waals surface area contributed by atoms with E-state index >= 15 is 0 Å². The van der Waals surface area contributed by atoms with E-state index in [-0.39, 0.29) is 6.10 Å². The van der Waals surface area contributed by atoms with Gasteiger partial charge in [0.15, 0.2) is 0 Å². The fourth-order valence-electron chi connectivity index (χ4n) is 1.57. The fraction of sp³-hybridized carbons (Fsp3) is 1.00. The molecule has 0 aliphatic carbocycles. The minimum Gasteiger partial charge on any atom is -0.383 e. The van der Waals surface area contributed by atoms with Gasteiger partial charge in [-0.1, -0.05) is 19.8 Å². The van der Waals surface area contributed by atoms with Crippen LogP contribution in [0, 0.1) is 0 Å². The molecule has 0 rings (SSSR count). The van der Waals surface area contributed by atoms with Crippen LogP contribution in [0.25, 0.3) is 0 Å². The van der Waals surface area contributed by atoms with Gasteiger partial charge in [0, 0.05) is 26.3 Å². The normalized spacial score (nSPS) is 15.2. The maximum absolute atomic E-state index is 5.47. The Kier molecular flexibility index (Phi) is 10.3. The Hall–Kier alpha value is -0.120. The third-order valence-corrected chi connectivity index (χ3v) is 2.42. The molecule has 0 aromatic carbocycles. The Morgan fingerprint density at radius 2 is 2.00 bits per heavy atom. The molecule has 0 aliphatic heterocycles. The first kappa shape index (κ1) is 14.9. The Bertz CT molecular complexity index is 131. The third kappa shape index (κ3) is 8.85. The van der Waals surface area contributed by atoms with E-state index in [2.05, 4.69) is 19.2 Å². The molecule has 0 radical (unpaired) electrons. The summed E-state index contributed by atoms with van der Waals surface area (Å²) in [6.45, 7) is 8.82. The van der Waals surface area contributed by atoms with Gasteiger partial charge in [0.05, 0.1) is 12.7 Å². The van der Waals surface area contributed by atoms with E-state index in [1.165, 1.54) is 19.3 Å². The number of hydrogen-bond donors (Lipinski definition) is 1. The molecule has 92 valence electrons. The zero-order valence-electron chi connectivity index (χ0n) is 10.7. The molecule has 0 saturated carbocycles. The van der Waals surface area contributed by atoms with Crippen molar-refractivity contribution in [3.8, 4) is 0 Å². The molecule has 2 atom stereocenters. The highest BCUT2D eigenvalue weighted by Gasteiger charge is 2.09. The lowest BCUT2D eigenvalue weighted by Crippen LogP contribution is -2.38. The molecule has 0 amide bonds. The Labute approximate surface area is 94.5 Å². The second-order valence-electron chi connectivity index (χ2n) is 3.97. The van der Waals surface area contributed by atoms with Crippen LogP contribution in [-0.4, -0.2) is 39.0 Å². The van der Waals surface area contributed by atoms with Crippen molar-refractivity contribution in [2.24, 2.45) is 0 Å². The van der Waals surface area contributed by atoms with Crippen LogP contribution in [-0.2, 0) is 9.47 Å². The van der Waals surface area contributed by atoms with Crippen LogP contribution in [0.1, 0.15) is 40.0 Å². The highest BCUT2D eigenvalue weighted by Crippen LogP contribution is 2.01. The summed E-state index contributed by atoms with van der Waals surface area (Å²) < 4.78 is 10.7. The number of ether oxygens (including phenoxy) is 2. The maximum atomic E-state index is 5.47. The predicted octanol–water partition coefficient (Wildman–Crippen LogP) is 2.21. The number of rotatable bonds is 10. The van der Waals surface area contributed by atoms with Crippen molar-refractivity contribution in [3.05, 3.63) is 0 Å². The summed E-state index contributed by atoms with van der Waals surface area (Å²) in [7, 11) is 1.76. The lowest BCUT2D eigenvalue weighted by molar-refractivity contribution is 0.0689. The molecule has 2 unspecified atom stereocenters. The van der Waals surface area contributed by atoms with Crippen LogP contribution < -0.4 is 5.32 Å². The molecule has 3 heteroatoms. The summed E-state index contributed by atoms with van der Waals surface area (Å²) in [5.74, 6) is 0. The quantitative estimate of drug-likeness (QED) is 0.608. The molecule has 15 heavy (non-hydrogen) atoms. The van der Waals surface area contributed by atoms with Gasteiger partial charge >= 0.3 is 0 Å². The van der Waals surface area contributed by atoms with Crippen molar-refractivity contribution in [3.63, 3.8) is 0 Å². The lowest BCUT2D eigenvalue weighted by atomic mass is 10.1. The molecular formula is C12H27NO2. The van der Waals surface area contributed by atoms with Crippen LogP contribution in [0.15, 0.2) is 0 Å². The van der Waals surface area contributed by atoms with Gasteiger partial charge in [-0.3, -0.25) is 0 Å². The van der Waals surface area contributed by atoms with Crippen molar-refractivity contribution >= 4 is 0 Å². The summed E-state index contributed by atoms with van der Waals surface area (Å²) >= 11 is 0. The molecule has 0 aromatic heterocycles. The molecule has 0 spiro atoms. The van der Waals surface area contributed by atoms with Gasteiger partial charge < -0.3 is 14.8 Å². The summed E-state index contributed by atoms with van der Waals surface area (Å²) in [6, 6.07) is 0.470. The third-order valence-electron chi connectivity index (χ3n) is 2.42. The van der Waals surface area contributed by atoms with Crippen molar-refractivity contribution < 1.29 is 9.47 Å². The summed E-state index contributed by atoms with van der Waals surface area (Å²) in [6.07, 6.45) is 3.96. The van der Waals surface area contributed by atoms with Gasteiger partial charge in [-0.25, -0.2) is 0 Å². The first-order valence-corrected chi connectivity index (χ1v) is 6.08. The first-order valence-electron chi connectivity index (χ1n) is 6.08. The Morgan fingerprint density at radius 1 is 1.27 bits per heavy atom. The topological polar surface area (TPSA) is 30.5 Å². The molecule has 0 aliphatic rings. The zero-order valence-corrected chi connectivity index (χ0v) is 10.7. The maximum Gasteiger partial charge on any atom is 0.0671 e. The number of nitrogens with one attached hydrogen (secondary N) is 1. The van der Waals surface area contributed by atoms with Crippen LogP contribution in [0.3, 0.4) is 0 Å². The lowest BCUT2D eigenvalue weighted by Gasteiger charge is -2.20. The predicted molar refractivity (Wildman–Crippen MR) is 64.3 cm³/mol. The molecule has 3 nitrogen and oxygen atoms in total. The molecule has 0 saturated heterocycles. The van der Waals surface area contributed by atoms with Gasteiger partial charge in [0.25, 0.3) is 0 Å². The van der Waals surface area contributed by atoms with E-state index in [0.29, 0.717) is 6.04 Å². The van der Waals surface area contributed by atoms with Gasteiger partial charge in [0.1, 0.15) is 0 Å². The zero-order chi connectivity index (χ0) is 11.5. The second-order valence-corrected chi connectivity index (χ2v) is 3.97. The average Bonchev–Trinajstić information content (AvgIpc) is 2.22. The first-order chi connectivity index (χ1) is 7.24. The smallest absolute Gasteiger partial charge is 0.0671 e. The van der Waals surface area contributed by atoms with Gasteiger partial charge in [-0.2, -0.15) is 0 Å². The number of hydrogen-bond acceptors (Lipinski definition) is 3. The van der Waals surface area contributed by atoms with Gasteiger partial charge in [-0.05, 0) is 20.3 Å². The number of methoxy groups -OCH3 is 1. The van der Waals surface area contributed by atoms with Crippen LogP contribution >= 0.6 is 0 Å². The summed E-state index contributed by atoms with van der Waals surface area (Å²) in [5, 5.41) is 3.49. The fourth-order valence-corrected chi connectivity index (χ4v) is 1.57. The number of unbranched alkanes of at least 4 members (excludes halogenated alkanes) is 1. The monoisotopic (exact) mass is 217 g/mol. The van der Waals surface area contributed by atoms with E-state index in [1.54, 1.807) is 7.11 Å². The van der Waals surface area contributed by atoms with Gasteiger partial charge in [0.2, 0.25) is 0 Å². The molecule has 1 N–H and O–H groups in total. The summed E-state index contributed by atoms with van der Waals surface area (Å²) in [5.41, 5.74) is 0. The van der Waals surface area contributed by atoms with E-state index < -0.39 is 0 Å². The molecule has 0 bridgehead atoms. The van der Waals surface area contributed by atoms with E-state index in [9.17, 15) is 0 Å². The van der Waals surface area contributed by atoms with Crippen LogP contribution in [0.4, 0.5) is 0 Å². The van der Waals surface area contributed by atoms with Crippen molar-refractivity contribution in [2.75, 3.05) is 26.9 Å². The Balaban J connectivity index is 3.63. The van der Waals surface area contributed by atoms with Crippen LogP contribution in [0.5, 0.6) is 0 Å². The highest BCUT2D eigenvalue weighted by atomic mass is 16.5. The van der Waals surface area contributed by atoms with E-state index in [4.69, 9.17) is 9.47 Å². The second kappa shape index (κ2) is 10.4. The molecular weight excluding hydrogens is 190 g/mol. The van der Waals surface area contributed by atoms with Crippen molar-refractivity contribution in [1.82, 2.24) is 5.32 Å². The Morgan fingerprint density at radius 3 is 2.53 bits per heavy atom. The largest absolute Gasteiger partial charge is 0.383 e. The highest BCUT2D eigenvalue weighted by molar-refractivity contribution is 4.68. The van der Waals surface area contributed by atoms with Gasteiger partial charge in [-0.15, -0.1) is 0 Å². The van der Waals surface area contributed by atoms with Crippen LogP contribution in [0.2, 0.25) is 0 Å². The standard InChI is InChI=1S/C12H27NO2/c1-5-7-8-12(10-14-4)13-9-11(3)15-6-2/h11-13H,5-10H2,1-4H3. The average molecular weight is 217 g/mol. The molecule has 0 heterocycles. The molecule has 0 aromatic rings.